The minimum atomic E-state index is -3.41. The largest absolute Gasteiger partial charge is 0.332 e. The van der Waals surface area contributed by atoms with Crippen molar-refractivity contribution in [2.24, 2.45) is 0 Å². The van der Waals surface area contributed by atoms with Crippen LogP contribution in [0.25, 0.3) is 0 Å². The van der Waals surface area contributed by atoms with Crippen LogP contribution < -0.4 is 0 Å². The van der Waals surface area contributed by atoms with Crippen molar-refractivity contribution < 1.29 is 8.42 Å². The number of aryl methyl sites for hydroxylation is 1. The Kier molecular flexibility index (Phi) is 4.30. The standard InChI is InChI=1S/C8H14BrN3O2S/c1-3-7-10-6-8(11-7)15(13,14)12(2)5-4-9/h6H,3-5H2,1-2H3,(H,10,11). The Morgan fingerprint density at radius 2 is 2.27 bits per heavy atom. The topological polar surface area (TPSA) is 66.1 Å². The maximum Gasteiger partial charge on any atom is 0.259 e. The third-order valence-electron chi connectivity index (χ3n) is 2.03. The lowest BCUT2D eigenvalue weighted by Crippen LogP contribution is -2.28. The van der Waals surface area contributed by atoms with E-state index in [-0.39, 0.29) is 5.03 Å². The molecule has 0 spiro atoms. The average Bonchev–Trinajstić information content (AvgIpc) is 2.66. The highest BCUT2D eigenvalue weighted by Crippen LogP contribution is 2.11. The van der Waals surface area contributed by atoms with Gasteiger partial charge in [0.25, 0.3) is 10.0 Å². The summed E-state index contributed by atoms with van der Waals surface area (Å²) in [6.07, 6.45) is 2.05. The van der Waals surface area contributed by atoms with Crippen molar-refractivity contribution in [2.75, 3.05) is 18.9 Å². The first kappa shape index (κ1) is 12.7. The Labute approximate surface area is 98.1 Å². The van der Waals surface area contributed by atoms with Crippen molar-refractivity contribution in [1.82, 2.24) is 14.3 Å². The second kappa shape index (κ2) is 5.09. The fraction of sp³-hybridized carbons (Fsp3) is 0.625. The molecule has 0 aliphatic heterocycles. The second-order valence-corrected chi connectivity index (χ2v) is 5.87. The Morgan fingerprint density at radius 1 is 1.60 bits per heavy atom. The number of nitrogens with one attached hydrogen (secondary N) is 1. The molecule has 1 heterocycles. The molecular formula is C8H14BrN3O2S. The molecule has 0 atom stereocenters. The van der Waals surface area contributed by atoms with E-state index in [1.165, 1.54) is 10.5 Å². The number of rotatable bonds is 5. The Balaban J connectivity index is 2.95. The van der Waals surface area contributed by atoms with E-state index in [1.54, 1.807) is 7.05 Å². The molecule has 0 amide bonds. The Hall–Kier alpha value is -0.400. The summed E-state index contributed by atoms with van der Waals surface area (Å²) in [4.78, 5) is 6.76. The maximum atomic E-state index is 11.9. The van der Waals surface area contributed by atoms with Crippen LogP contribution in [0.3, 0.4) is 0 Å². The van der Waals surface area contributed by atoms with Gasteiger partial charge in [-0.3, -0.25) is 0 Å². The van der Waals surface area contributed by atoms with Crippen LogP contribution in [0.1, 0.15) is 12.7 Å². The Bertz CT molecular complexity index is 415. The average molecular weight is 296 g/mol. The summed E-state index contributed by atoms with van der Waals surface area (Å²) in [6, 6.07) is 0. The van der Waals surface area contributed by atoms with Crippen LogP contribution >= 0.6 is 15.9 Å². The van der Waals surface area contributed by atoms with Gasteiger partial charge in [0.1, 0.15) is 5.82 Å². The number of nitrogens with zero attached hydrogens (tertiary/aromatic N) is 2. The van der Waals surface area contributed by atoms with Crippen LogP contribution in [0.2, 0.25) is 0 Å². The zero-order valence-corrected chi connectivity index (χ0v) is 11.1. The zero-order valence-electron chi connectivity index (χ0n) is 8.70. The van der Waals surface area contributed by atoms with E-state index in [0.29, 0.717) is 24.1 Å². The van der Waals surface area contributed by atoms with Crippen LogP contribution in [-0.4, -0.2) is 41.6 Å². The van der Waals surface area contributed by atoms with Gasteiger partial charge < -0.3 is 4.98 Å². The lowest BCUT2D eigenvalue weighted by atomic mass is 10.5. The van der Waals surface area contributed by atoms with Gasteiger partial charge in [0.15, 0.2) is 5.03 Å². The number of alkyl halides is 1. The number of hydrogen-bond donors (Lipinski definition) is 1. The lowest BCUT2D eigenvalue weighted by molar-refractivity contribution is 0.486. The van der Waals surface area contributed by atoms with Crippen LogP contribution in [0.4, 0.5) is 0 Å². The summed E-state index contributed by atoms with van der Waals surface area (Å²) in [5.74, 6) is 0.681. The van der Waals surface area contributed by atoms with E-state index < -0.39 is 10.0 Å². The fourth-order valence-corrected chi connectivity index (χ4v) is 2.93. The number of sulfonamides is 1. The maximum absolute atomic E-state index is 11.9. The van der Waals surface area contributed by atoms with E-state index in [0.717, 1.165) is 0 Å². The van der Waals surface area contributed by atoms with E-state index in [1.807, 2.05) is 6.92 Å². The van der Waals surface area contributed by atoms with Crippen molar-refractivity contribution >= 4 is 26.0 Å². The number of hydrogen-bond acceptors (Lipinski definition) is 3. The number of H-pyrrole nitrogens is 1. The molecule has 0 aliphatic rings. The van der Waals surface area contributed by atoms with Crippen molar-refractivity contribution in [2.45, 2.75) is 18.4 Å². The zero-order chi connectivity index (χ0) is 11.5. The summed E-state index contributed by atoms with van der Waals surface area (Å²) < 4.78 is 25.1. The molecular weight excluding hydrogens is 282 g/mol. The minimum Gasteiger partial charge on any atom is -0.332 e. The monoisotopic (exact) mass is 295 g/mol. The van der Waals surface area contributed by atoms with E-state index in [4.69, 9.17) is 0 Å². The molecule has 1 aromatic heterocycles. The van der Waals surface area contributed by atoms with E-state index in [9.17, 15) is 8.42 Å². The lowest BCUT2D eigenvalue weighted by Gasteiger charge is -2.13. The number of imidazole rings is 1. The molecule has 5 nitrogen and oxygen atoms in total. The molecule has 1 N–H and O–H groups in total. The van der Waals surface area contributed by atoms with Gasteiger partial charge in [-0.15, -0.1) is 0 Å². The molecule has 0 fully saturated rings. The SMILES string of the molecule is CCc1ncc(S(=O)(=O)N(C)CCBr)[nH]1. The molecule has 0 aromatic carbocycles. The minimum absolute atomic E-state index is 0.155. The van der Waals surface area contributed by atoms with Crippen LogP contribution in [-0.2, 0) is 16.4 Å². The van der Waals surface area contributed by atoms with Crippen LogP contribution in [0, 0.1) is 0 Å². The first-order valence-electron chi connectivity index (χ1n) is 4.58. The van der Waals surface area contributed by atoms with Gasteiger partial charge >= 0.3 is 0 Å². The van der Waals surface area contributed by atoms with Crippen molar-refractivity contribution in [1.29, 1.82) is 0 Å². The molecule has 1 rings (SSSR count). The third-order valence-corrected chi connectivity index (χ3v) is 4.15. The van der Waals surface area contributed by atoms with E-state index in [2.05, 4.69) is 25.9 Å². The normalized spacial score (nSPS) is 12.3. The summed E-state index contributed by atoms with van der Waals surface area (Å²) in [5, 5.41) is 0.764. The van der Waals surface area contributed by atoms with E-state index >= 15 is 0 Å². The quantitative estimate of drug-likeness (QED) is 0.824. The number of aromatic amines is 1. The van der Waals surface area contributed by atoms with Gasteiger partial charge in [0.05, 0.1) is 6.20 Å². The first-order valence-corrected chi connectivity index (χ1v) is 7.14. The molecule has 0 unspecified atom stereocenters. The summed E-state index contributed by atoms with van der Waals surface area (Å²) >= 11 is 3.20. The van der Waals surface area contributed by atoms with Crippen LogP contribution in [0.15, 0.2) is 11.2 Å². The van der Waals surface area contributed by atoms with Gasteiger partial charge in [-0.1, -0.05) is 22.9 Å². The summed E-state index contributed by atoms with van der Waals surface area (Å²) in [5.41, 5.74) is 0. The highest BCUT2D eigenvalue weighted by Gasteiger charge is 2.22. The van der Waals surface area contributed by atoms with Gasteiger partial charge in [-0.2, -0.15) is 4.31 Å². The van der Waals surface area contributed by atoms with Gasteiger partial charge in [-0.05, 0) is 0 Å². The second-order valence-electron chi connectivity index (χ2n) is 3.06. The molecule has 86 valence electrons. The third kappa shape index (κ3) is 2.79. The first-order chi connectivity index (χ1) is 7.02. The highest BCUT2D eigenvalue weighted by molar-refractivity contribution is 9.09. The fourth-order valence-electron chi connectivity index (χ4n) is 1.06. The Morgan fingerprint density at radius 3 is 2.73 bits per heavy atom. The summed E-state index contributed by atoms with van der Waals surface area (Å²) in [6.45, 7) is 2.35. The van der Waals surface area contributed by atoms with Gasteiger partial charge in [0.2, 0.25) is 0 Å². The van der Waals surface area contributed by atoms with Crippen molar-refractivity contribution in [3.05, 3.63) is 12.0 Å². The molecule has 7 heteroatoms. The molecule has 0 saturated carbocycles. The summed E-state index contributed by atoms with van der Waals surface area (Å²) in [7, 11) is -1.86. The number of halogens is 1. The molecule has 1 aromatic rings. The predicted molar refractivity (Wildman–Crippen MR) is 61.6 cm³/mol. The van der Waals surface area contributed by atoms with Gasteiger partial charge in [-0.25, -0.2) is 13.4 Å². The molecule has 0 aliphatic carbocycles. The number of aromatic nitrogens is 2. The van der Waals surface area contributed by atoms with Gasteiger partial charge in [0, 0.05) is 25.3 Å². The predicted octanol–water partition coefficient (Wildman–Crippen LogP) is 0.988. The highest BCUT2D eigenvalue weighted by atomic mass is 79.9. The van der Waals surface area contributed by atoms with Crippen molar-refractivity contribution in [3.63, 3.8) is 0 Å². The molecule has 0 saturated heterocycles. The van der Waals surface area contributed by atoms with Crippen LogP contribution in [0.5, 0.6) is 0 Å². The molecule has 0 radical (unpaired) electrons. The van der Waals surface area contributed by atoms with Crippen molar-refractivity contribution in [3.8, 4) is 0 Å². The smallest absolute Gasteiger partial charge is 0.259 e. The molecule has 0 bridgehead atoms. The molecule has 15 heavy (non-hydrogen) atoms.